The van der Waals surface area contributed by atoms with Crippen LogP contribution in [0.4, 0.5) is 5.69 Å². The second-order valence-electron chi connectivity index (χ2n) is 7.22. The van der Waals surface area contributed by atoms with E-state index in [2.05, 4.69) is 103 Å². The fourth-order valence-corrected chi connectivity index (χ4v) is 3.87. The van der Waals surface area contributed by atoms with Gasteiger partial charge in [-0.1, -0.05) is 78.4 Å². The van der Waals surface area contributed by atoms with Crippen molar-refractivity contribution in [3.05, 3.63) is 102 Å². The smallest absolute Gasteiger partial charge is 0.0422 e. The molecule has 1 nitrogen and oxygen atoms in total. The maximum Gasteiger partial charge on any atom is 0.0422 e. The maximum atomic E-state index is 3.53. The molecule has 0 spiro atoms. The minimum absolute atomic E-state index is 0.888. The largest absolute Gasteiger partial charge is 0.380 e. The van der Waals surface area contributed by atoms with Crippen LogP contribution in [0.25, 0.3) is 33.4 Å². The molecule has 0 bridgehead atoms. The van der Waals surface area contributed by atoms with Crippen LogP contribution in [0.3, 0.4) is 0 Å². The molecule has 4 aromatic carbocycles. The van der Waals surface area contributed by atoms with Crippen molar-refractivity contribution < 1.29 is 0 Å². The summed E-state index contributed by atoms with van der Waals surface area (Å²) in [6.45, 7) is 3.04. The lowest BCUT2D eigenvalue weighted by Gasteiger charge is -2.23. The third-order valence-corrected chi connectivity index (χ3v) is 5.37. The van der Waals surface area contributed by atoms with Gasteiger partial charge in [0.15, 0.2) is 0 Å². The number of aryl methyl sites for hydroxylation is 1. The van der Waals surface area contributed by atoms with Crippen molar-refractivity contribution in [2.24, 2.45) is 0 Å². The van der Waals surface area contributed by atoms with E-state index in [0.717, 1.165) is 6.54 Å². The average Bonchev–Trinajstić information content (AvgIpc) is 2.74. The van der Waals surface area contributed by atoms with Crippen LogP contribution < -0.4 is 5.32 Å². The van der Waals surface area contributed by atoms with E-state index in [1.165, 1.54) is 50.2 Å². The zero-order valence-electron chi connectivity index (χ0n) is 15.4. The summed E-state index contributed by atoms with van der Waals surface area (Å²) in [5.41, 5.74) is 11.6. The number of benzene rings is 4. The van der Waals surface area contributed by atoms with Gasteiger partial charge >= 0.3 is 0 Å². The van der Waals surface area contributed by atoms with Crippen molar-refractivity contribution >= 4 is 5.69 Å². The molecule has 0 saturated heterocycles. The van der Waals surface area contributed by atoms with E-state index in [9.17, 15) is 0 Å². The molecule has 5 rings (SSSR count). The van der Waals surface area contributed by atoms with Crippen LogP contribution in [-0.4, -0.2) is 0 Å². The van der Waals surface area contributed by atoms with Gasteiger partial charge in [0.05, 0.1) is 0 Å². The van der Waals surface area contributed by atoms with E-state index < -0.39 is 0 Å². The van der Waals surface area contributed by atoms with Gasteiger partial charge in [0, 0.05) is 17.8 Å². The second-order valence-corrected chi connectivity index (χ2v) is 7.22. The summed E-state index contributed by atoms with van der Waals surface area (Å²) in [6.07, 6.45) is 0. The van der Waals surface area contributed by atoms with Crippen molar-refractivity contribution in [2.45, 2.75) is 13.5 Å². The first-order valence-corrected chi connectivity index (χ1v) is 9.42. The minimum Gasteiger partial charge on any atom is -0.380 e. The highest BCUT2D eigenvalue weighted by atomic mass is 14.9. The standard InChI is InChI=1S/C26H21N/c1-18-7-14-26-25(15-18)24-16-22(12-13-23(24)17-27-26)21-10-8-20(9-11-21)19-5-3-2-4-6-19/h2-16,27H,17H2,1H3. The van der Waals surface area contributed by atoms with Crippen LogP contribution in [-0.2, 0) is 6.54 Å². The highest BCUT2D eigenvalue weighted by Crippen LogP contribution is 2.38. The first-order chi connectivity index (χ1) is 13.3. The summed E-state index contributed by atoms with van der Waals surface area (Å²) >= 11 is 0. The van der Waals surface area contributed by atoms with E-state index >= 15 is 0 Å². The molecule has 0 fully saturated rings. The van der Waals surface area contributed by atoms with E-state index in [1.54, 1.807) is 0 Å². The highest BCUT2D eigenvalue weighted by Gasteiger charge is 2.16. The molecule has 130 valence electrons. The minimum atomic E-state index is 0.888. The molecular weight excluding hydrogens is 326 g/mol. The number of fused-ring (bicyclic) bond motifs is 3. The van der Waals surface area contributed by atoms with Gasteiger partial charge in [-0.05, 0) is 58.5 Å². The third kappa shape index (κ3) is 2.92. The molecule has 1 aliphatic heterocycles. The lowest BCUT2D eigenvalue weighted by Crippen LogP contribution is -2.08. The Morgan fingerprint density at radius 3 is 2.04 bits per heavy atom. The van der Waals surface area contributed by atoms with Gasteiger partial charge < -0.3 is 5.32 Å². The van der Waals surface area contributed by atoms with Crippen LogP contribution in [0.5, 0.6) is 0 Å². The van der Waals surface area contributed by atoms with Gasteiger partial charge in [-0.15, -0.1) is 0 Å². The van der Waals surface area contributed by atoms with Crippen molar-refractivity contribution in [3.63, 3.8) is 0 Å². The summed E-state index contributed by atoms with van der Waals surface area (Å²) in [6, 6.07) is 32.9. The van der Waals surface area contributed by atoms with E-state index in [4.69, 9.17) is 0 Å². The van der Waals surface area contributed by atoms with Gasteiger partial charge in [0.1, 0.15) is 0 Å². The molecule has 0 unspecified atom stereocenters. The number of rotatable bonds is 2. The zero-order chi connectivity index (χ0) is 18.2. The SMILES string of the molecule is Cc1ccc2c(c1)-c1cc(-c3ccc(-c4ccccc4)cc3)ccc1CN2. The van der Waals surface area contributed by atoms with Gasteiger partial charge in [0.25, 0.3) is 0 Å². The van der Waals surface area contributed by atoms with Crippen LogP contribution in [0.15, 0.2) is 91.0 Å². The van der Waals surface area contributed by atoms with Gasteiger partial charge in [-0.2, -0.15) is 0 Å². The number of anilines is 1. The van der Waals surface area contributed by atoms with Crippen molar-refractivity contribution in [1.29, 1.82) is 0 Å². The fourth-order valence-electron chi connectivity index (χ4n) is 3.87. The maximum absolute atomic E-state index is 3.53. The predicted octanol–water partition coefficient (Wildman–Crippen LogP) is 6.92. The third-order valence-electron chi connectivity index (χ3n) is 5.37. The van der Waals surface area contributed by atoms with Crippen LogP contribution in [0.1, 0.15) is 11.1 Å². The molecule has 0 amide bonds. The first-order valence-electron chi connectivity index (χ1n) is 9.42. The first kappa shape index (κ1) is 15.9. The van der Waals surface area contributed by atoms with Crippen molar-refractivity contribution in [1.82, 2.24) is 0 Å². The second kappa shape index (κ2) is 6.44. The van der Waals surface area contributed by atoms with Crippen LogP contribution in [0, 0.1) is 6.92 Å². The van der Waals surface area contributed by atoms with Gasteiger partial charge in [-0.3, -0.25) is 0 Å². The lowest BCUT2D eigenvalue weighted by molar-refractivity contribution is 1.13. The number of hydrogen-bond donors (Lipinski definition) is 1. The van der Waals surface area contributed by atoms with Crippen molar-refractivity contribution in [3.8, 4) is 33.4 Å². The Morgan fingerprint density at radius 2 is 1.26 bits per heavy atom. The predicted molar refractivity (Wildman–Crippen MR) is 115 cm³/mol. The molecular formula is C26H21N. The quantitative estimate of drug-likeness (QED) is 0.415. The Kier molecular flexibility index (Phi) is 3.79. The normalized spacial score (nSPS) is 12.0. The van der Waals surface area contributed by atoms with E-state index in [-0.39, 0.29) is 0 Å². The summed E-state index contributed by atoms with van der Waals surface area (Å²) in [4.78, 5) is 0. The average molecular weight is 347 g/mol. The molecule has 1 N–H and O–H groups in total. The molecule has 0 radical (unpaired) electrons. The Balaban J connectivity index is 1.55. The molecule has 0 aromatic heterocycles. The van der Waals surface area contributed by atoms with Crippen LogP contribution >= 0.6 is 0 Å². The molecule has 0 saturated carbocycles. The molecule has 0 atom stereocenters. The van der Waals surface area contributed by atoms with Gasteiger partial charge in [-0.25, -0.2) is 0 Å². The summed E-state index contributed by atoms with van der Waals surface area (Å²) in [5.74, 6) is 0. The van der Waals surface area contributed by atoms with Gasteiger partial charge in [0.2, 0.25) is 0 Å². The highest BCUT2D eigenvalue weighted by molar-refractivity contribution is 5.86. The topological polar surface area (TPSA) is 12.0 Å². The zero-order valence-corrected chi connectivity index (χ0v) is 15.4. The monoisotopic (exact) mass is 347 g/mol. The Morgan fingerprint density at radius 1 is 0.593 bits per heavy atom. The van der Waals surface area contributed by atoms with Crippen LogP contribution in [0.2, 0.25) is 0 Å². The van der Waals surface area contributed by atoms with E-state index in [1.807, 2.05) is 0 Å². The van der Waals surface area contributed by atoms with E-state index in [0.29, 0.717) is 0 Å². The molecule has 4 aromatic rings. The summed E-state index contributed by atoms with van der Waals surface area (Å²) in [7, 11) is 0. The molecule has 1 aliphatic rings. The molecule has 1 heterocycles. The number of hydrogen-bond acceptors (Lipinski definition) is 1. The molecule has 1 heteroatoms. The molecule has 0 aliphatic carbocycles. The molecule has 27 heavy (non-hydrogen) atoms. The Labute approximate surface area is 160 Å². The Bertz CT molecular complexity index is 1110. The fraction of sp³-hybridized carbons (Fsp3) is 0.0769. The summed E-state index contributed by atoms with van der Waals surface area (Å²) in [5, 5.41) is 3.53. The summed E-state index contributed by atoms with van der Waals surface area (Å²) < 4.78 is 0. The lowest BCUT2D eigenvalue weighted by atomic mass is 9.90. The Hall–Kier alpha value is -3.32. The number of nitrogens with one attached hydrogen (secondary N) is 1. The van der Waals surface area contributed by atoms with Crippen molar-refractivity contribution in [2.75, 3.05) is 5.32 Å².